The van der Waals surface area contributed by atoms with E-state index in [-0.39, 0.29) is 0 Å². The molecule has 0 fully saturated rings. The highest BCUT2D eigenvalue weighted by molar-refractivity contribution is 7.98. The summed E-state index contributed by atoms with van der Waals surface area (Å²) in [5.74, 6) is 0.863. The third-order valence-corrected chi connectivity index (χ3v) is 7.69. The molecule has 4 aromatic carbocycles. The van der Waals surface area contributed by atoms with Gasteiger partial charge in [0.15, 0.2) is 0 Å². The molecule has 0 saturated carbocycles. The average molecular weight is 480 g/mol. The van der Waals surface area contributed by atoms with Crippen LogP contribution in [0.5, 0.6) is 0 Å². The van der Waals surface area contributed by atoms with Gasteiger partial charge in [0.2, 0.25) is 0 Å². The molecule has 0 saturated heterocycles. The fourth-order valence-electron chi connectivity index (χ4n) is 4.96. The summed E-state index contributed by atoms with van der Waals surface area (Å²) in [5.41, 5.74) is 4.77. The molecule has 7 aromatic rings. The highest BCUT2D eigenvalue weighted by Crippen LogP contribution is 2.38. The molecule has 0 radical (unpaired) electrons. The Morgan fingerprint density at radius 3 is 1.78 bits per heavy atom. The van der Waals surface area contributed by atoms with Gasteiger partial charge in [-0.05, 0) is 74.3 Å². The fourth-order valence-corrected chi connectivity index (χ4v) is 5.93. The summed E-state index contributed by atoms with van der Waals surface area (Å²) >= 11 is 1.83. The van der Waals surface area contributed by atoms with Crippen molar-refractivity contribution in [2.24, 2.45) is 0 Å². The molecule has 0 aliphatic carbocycles. The Balaban J connectivity index is 1.31. The standard InChI is InChI=1S/C32H21N3S/c1-3-16-33-27(8-1)29-18-25(19-30(35-29)28-9-2-4-17-34-28)36-20-24-13-12-23-11-10-21-6-5-7-22-14-15-26(24)32(23)31(21)22/h1-19H,20H2. The van der Waals surface area contributed by atoms with Gasteiger partial charge < -0.3 is 0 Å². The Morgan fingerprint density at radius 1 is 0.528 bits per heavy atom. The van der Waals surface area contributed by atoms with Gasteiger partial charge in [-0.15, -0.1) is 11.8 Å². The molecule has 0 amide bonds. The van der Waals surface area contributed by atoms with E-state index >= 15 is 0 Å². The van der Waals surface area contributed by atoms with Crippen molar-refractivity contribution in [3.63, 3.8) is 0 Å². The van der Waals surface area contributed by atoms with Gasteiger partial charge in [-0.3, -0.25) is 9.97 Å². The van der Waals surface area contributed by atoms with E-state index in [1.165, 1.54) is 37.9 Å². The molecule has 0 unspecified atom stereocenters. The van der Waals surface area contributed by atoms with Gasteiger partial charge in [-0.1, -0.05) is 66.7 Å². The van der Waals surface area contributed by atoms with Crippen molar-refractivity contribution in [1.29, 1.82) is 0 Å². The quantitative estimate of drug-likeness (QED) is 0.183. The summed E-state index contributed by atoms with van der Waals surface area (Å²) in [6, 6.07) is 36.2. The van der Waals surface area contributed by atoms with Crippen molar-refractivity contribution < 1.29 is 0 Å². The zero-order valence-corrected chi connectivity index (χ0v) is 20.2. The van der Waals surface area contributed by atoms with Crippen molar-refractivity contribution in [3.8, 4) is 22.8 Å². The van der Waals surface area contributed by atoms with Crippen molar-refractivity contribution in [2.45, 2.75) is 10.6 Å². The van der Waals surface area contributed by atoms with Crippen LogP contribution < -0.4 is 0 Å². The van der Waals surface area contributed by atoms with E-state index in [2.05, 4.69) is 76.7 Å². The van der Waals surface area contributed by atoms with Crippen molar-refractivity contribution in [2.75, 3.05) is 0 Å². The van der Waals surface area contributed by atoms with Crippen LogP contribution in [0.25, 0.3) is 55.1 Å². The van der Waals surface area contributed by atoms with E-state index in [1.54, 1.807) is 0 Å². The first-order chi connectivity index (χ1) is 17.8. The molecule has 170 valence electrons. The minimum atomic E-state index is 0.858. The Morgan fingerprint density at radius 2 is 1.14 bits per heavy atom. The van der Waals surface area contributed by atoms with Crippen LogP contribution >= 0.6 is 11.8 Å². The Labute approximate surface area is 213 Å². The molecule has 36 heavy (non-hydrogen) atoms. The van der Waals surface area contributed by atoms with Gasteiger partial charge in [-0.25, -0.2) is 4.98 Å². The van der Waals surface area contributed by atoms with Gasteiger partial charge in [0.25, 0.3) is 0 Å². The van der Waals surface area contributed by atoms with Crippen molar-refractivity contribution >= 4 is 44.1 Å². The molecule has 3 nitrogen and oxygen atoms in total. The maximum atomic E-state index is 4.90. The van der Waals surface area contributed by atoms with Crippen LogP contribution in [-0.2, 0) is 5.75 Å². The van der Waals surface area contributed by atoms with E-state index in [4.69, 9.17) is 4.98 Å². The third-order valence-electron chi connectivity index (χ3n) is 6.67. The molecule has 3 aromatic heterocycles. The number of rotatable bonds is 5. The number of nitrogens with zero attached hydrogens (tertiary/aromatic N) is 3. The third kappa shape index (κ3) is 3.67. The van der Waals surface area contributed by atoms with Gasteiger partial charge in [-0.2, -0.15) is 0 Å². The molecule has 3 heterocycles. The van der Waals surface area contributed by atoms with Crippen LogP contribution in [0.15, 0.2) is 120 Å². The van der Waals surface area contributed by atoms with Gasteiger partial charge >= 0.3 is 0 Å². The monoisotopic (exact) mass is 479 g/mol. The second-order valence-electron chi connectivity index (χ2n) is 8.87. The van der Waals surface area contributed by atoms with E-state index in [9.17, 15) is 0 Å². The number of aromatic nitrogens is 3. The second kappa shape index (κ2) is 8.74. The molecular weight excluding hydrogens is 458 g/mol. The lowest BCUT2D eigenvalue weighted by Crippen LogP contribution is -1.94. The predicted molar refractivity (Wildman–Crippen MR) is 150 cm³/mol. The Kier molecular flexibility index (Phi) is 5.11. The van der Waals surface area contributed by atoms with Crippen LogP contribution in [0.2, 0.25) is 0 Å². The van der Waals surface area contributed by atoms with E-state index < -0.39 is 0 Å². The smallest absolute Gasteiger partial charge is 0.0905 e. The van der Waals surface area contributed by atoms with Crippen LogP contribution in [0.1, 0.15) is 5.56 Å². The maximum Gasteiger partial charge on any atom is 0.0905 e. The minimum absolute atomic E-state index is 0.858. The minimum Gasteiger partial charge on any atom is -0.255 e. The number of thioether (sulfide) groups is 1. The van der Waals surface area contributed by atoms with Gasteiger partial charge in [0.05, 0.1) is 22.8 Å². The molecule has 0 bridgehead atoms. The average Bonchev–Trinajstić information content (AvgIpc) is 2.96. The van der Waals surface area contributed by atoms with Crippen LogP contribution in [-0.4, -0.2) is 15.0 Å². The zero-order valence-electron chi connectivity index (χ0n) is 19.4. The molecule has 0 aliphatic heterocycles. The molecule has 4 heteroatoms. The number of pyridine rings is 3. The number of hydrogen-bond donors (Lipinski definition) is 0. The summed E-state index contributed by atoms with van der Waals surface area (Å²) in [4.78, 5) is 15.1. The van der Waals surface area contributed by atoms with Crippen molar-refractivity contribution in [1.82, 2.24) is 15.0 Å². The summed E-state index contributed by atoms with van der Waals surface area (Å²) in [6.45, 7) is 0. The Hall–Kier alpha value is -4.28. The van der Waals surface area contributed by atoms with E-state index in [0.29, 0.717) is 0 Å². The Bertz CT molecular complexity index is 1760. The van der Waals surface area contributed by atoms with Gasteiger partial charge in [0.1, 0.15) is 0 Å². The topological polar surface area (TPSA) is 38.7 Å². The van der Waals surface area contributed by atoms with Crippen molar-refractivity contribution in [3.05, 3.63) is 121 Å². The van der Waals surface area contributed by atoms with Crippen LogP contribution in [0, 0.1) is 0 Å². The summed E-state index contributed by atoms with van der Waals surface area (Å²) in [6.07, 6.45) is 3.62. The van der Waals surface area contributed by atoms with Gasteiger partial charge in [0, 0.05) is 23.0 Å². The van der Waals surface area contributed by atoms with Crippen LogP contribution in [0.3, 0.4) is 0 Å². The molecule has 0 N–H and O–H groups in total. The molecule has 7 rings (SSSR count). The fraction of sp³-hybridized carbons (Fsp3) is 0.0312. The first-order valence-corrected chi connectivity index (χ1v) is 13.0. The largest absolute Gasteiger partial charge is 0.255 e. The molecular formula is C32H21N3S. The number of hydrogen-bond acceptors (Lipinski definition) is 4. The second-order valence-corrected chi connectivity index (χ2v) is 9.92. The maximum absolute atomic E-state index is 4.90. The van der Waals surface area contributed by atoms with Crippen LogP contribution in [0.4, 0.5) is 0 Å². The van der Waals surface area contributed by atoms with E-state index in [0.717, 1.165) is 33.4 Å². The normalized spacial score (nSPS) is 11.6. The SMILES string of the molecule is c1ccc(-c2cc(SCc3ccc4ccc5cccc6ccc3c4c56)cc(-c3ccccn3)n2)nc1. The summed E-state index contributed by atoms with van der Waals surface area (Å²) < 4.78 is 0. The first kappa shape index (κ1) is 21.0. The highest BCUT2D eigenvalue weighted by atomic mass is 32.2. The summed E-state index contributed by atoms with van der Waals surface area (Å²) in [7, 11) is 0. The molecule has 0 spiro atoms. The molecule has 0 aliphatic rings. The predicted octanol–water partition coefficient (Wildman–Crippen LogP) is 8.40. The first-order valence-electron chi connectivity index (χ1n) is 12.0. The lowest BCUT2D eigenvalue weighted by molar-refractivity contribution is 1.19. The lowest BCUT2D eigenvalue weighted by Gasteiger charge is -2.14. The summed E-state index contributed by atoms with van der Waals surface area (Å²) in [5, 5.41) is 7.93. The zero-order chi connectivity index (χ0) is 23.9. The lowest BCUT2D eigenvalue weighted by atomic mass is 9.92. The molecule has 0 atom stereocenters. The highest BCUT2D eigenvalue weighted by Gasteiger charge is 2.13. The number of benzene rings is 4. The van der Waals surface area contributed by atoms with E-state index in [1.807, 2.05) is 60.6 Å².